The van der Waals surface area contributed by atoms with E-state index in [1.54, 1.807) is 30.3 Å². The number of carboxylic acids is 1. The second-order valence-electron chi connectivity index (χ2n) is 5.96. The van der Waals surface area contributed by atoms with Crippen LogP contribution in [0.15, 0.2) is 66.7 Å². The van der Waals surface area contributed by atoms with Gasteiger partial charge in [0, 0.05) is 16.4 Å². The van der Waals surface area contributed by atoms with E-state index in [2.05, 4.69) is 10.6 Å². The quantitative estimate of drug-likeness (QED) is 0.520. The van der Waals surface area contributed by atoms with Crippen molar-refractivity contribution in [2.75, 3.05) is 10.6 Å². The molecule has 0 radical (unpaired) electrons. The summed E-state index contributed by atoms with van der Waals surface area (Å²) in [5.74, 6) is -2.25. The summed E-state index contributed by atoms with van der Waals surface area (Å²) in [4.78, 5) is 36.1. The van der Waals surface area contributed by atoms with Crippen molar-refractivity contribution >= 4 is 52.4 Å². The van der Waals surface area contributed by atoms with Gasteiger partial charge in [-0.1, -0.05) is 41.4 Å². The van der Waals surface area contributed by atoms with E-state index >= 15 is 0 Å². The summed E-state index contributed by atoms with van der Waals surface area (Å²) >= 11 is 12.1. The molecule has 8 heteroatoms. The van der Waals surface area contributed by atoms with Gasteiger partial charge < -0.3 is 15.7 Å². The highest BCUT2D eigenvalue weighted by molar-refractivity contribution is 6.35. The molecule has 0 atom stereocenters. The highest BCUT2D eigenvalue weighted by Crippen LogP contribution is 2.24. The third kappa shape index (κ3) is 4.93. The Balaban J connectivity index is 1.77. The van der Waals surface area contributed by atoms with E-state index in [1.807, 2.05) is 0 Å². The molecule has 3 aromatic carbocycles. The summed E-state index contributed by atoms with van der Waals surface area (Å²) in [6, 6.07) is 16.9. The Hall–Kier alpha value is -3.35. The van der Waals surface area contributed by atoms with Crippen molar-refractivity contribution in [3.05, 3.63) is 93.5 Å². The molecular formula is C21H14Cl2N2O4. The number of carbonyl (C=O) groups is 3. The molecule has 0 aliphatic rings. The molecule has 0 fully saturated rings. The minimum absolute atomic E-state index is 0.0129. The van der Waals surface area contributed by atoms with E-state index in [0.29, 0.717) is 16.4 Å². The fourth-order valence-electron chi connectivity index (χ4n) is 2.61. The van der Waals surface area contributed by atoms with Crippen LogP contribution in [0.25, 0.3) is 0 Å². The molecule has 2 amide bonds. The number of aromatic carboxylic acids is 1. The molecule has 3 N–H and O–H groups in total. The van der Waals surface area contributed by atoms with Crippen molar-refractivity contribution in [3.8, 4) is 0 Å². The minimum Gasteiger partial charge on any atom is -0.478 e. The zero-order chi connectivity index (χ0) is 21.0. The van der Waals surface area contributed by atoms with Crippen LogP contribution < -0.4 is 10.6 Å². The van der Waals surface area contributed by atoms with Gasteiger partial charge in [-0.3, -0.25) is 9.59 Å². The van der Waals surface area contributed by atoms with E-state index in [-0.39, 0.29) is 21.7 Å². The van der Waals surface area contributed by atoms with Gasteiger partial charge in [0.25, 0.3) is 11.8 Å². The van der Waals surface area contributed by atoms with Crippen LogP contribution in [0, 0.1) is 0 Å². The van der Waals surface area contributed by atoms with E-state index in [4.69, 9.17) is 23.2 Å². The van der Waals surface area contributed by atoms with Gasteiger partial charge in [0.15, 0.2) is 0 Å². The smallest absolute Gasteiger partial charge is 0.336 e. The molecule has 0 aromatic heterocycles. The molecule has 3 rings (SSSR count). The maximum absolute atomic E-state index is 12.4. The number of nitrogens with one attached hydrogen (secondary N) is 2. The Bertz CT molecular complexity index is 1120. The molecule has 146 valence electrons. The lowest BCUT2D eigenvalue weighted by Crippen LogP contribution is -2.17. The average molecular weight is 429 g/mol. The zero-order valence-electron chi connectivity index (χ0n) is 14.8. The van der Waals surface area contributed by atoms with Crippen LogP contribution in [0.3, 0.4) is 0 Å². The van der Waals surface area contributed by atoms with Gasteiger partial charge in [-0.05, 0) is 48.5 Å². The average Bonchev–Trinajstić information content (AvgIpc) is 2.68. The van der Waals surface area contributed by atoms with Crippen LogP contribution in [0.1, 0.15) is 31.1 Å². The number of carboxylic acid groups (broad SMARTS) is 1. The number of hydrogen-bond acceptors (Lipinski definition) is 3. The lowest BCUT2D eigenvalue weighted by molar-refractivity contribution is 0.0692. The van der Waals surface area contributed by atoms with Crippen molar-refractivity contribution in [1.29, 1.82) is 0 Å². The molecule has 0 aliphatic heterocycles. The largest absolute Gasteiger partial charge is 0.478 e. The Labute approximate surface area is 176 Å². The Kier molecular flexibility index (Phi) is 6.16. The lowest BCUT2D eigenvalue weighted by atomic mass is 10.1. The molecule has 0 spiro atoms. The molecule has 0 saturated heterocycles. The third-order valence-electron chi connectivity index (χ3n) is 3.96. The van der Waals surface area contributed by atoms with Crippen LogP contribution in [-0.4, -0.2) is 22.9 Å². The van der Waals surface area contributed by atoms with Gasteiger partial charge in [0.1, 0.15) is 0 Å². The highest BCUT2D eigenvalue weighted by Gasteiger charge is 2.17. The van der Waals surface area contributed by atoms with Gasteiger partial charge in [0.2, 0.25) is 0 Å². The number of benzene rings is 3. The number of rotatable bonds is 5. The van der Waals surface area contributed by atoms with Crippen LogP contribution >= 0.6 is 23.2 Å². The monoisotopic (exact) mass is 428 g/mol. The van der Waals surface area contributed by atoms with Gasteiger partial charge in [0.05, 0.1) is 21.7 Å². The van der Waals surface area contributed by atoms with Crippen molar-refractivity contribution in [2.24, 2.45) is 0 Å². The Morgan fingerprint density at radius 2 is 1.31 bits per heavy atom. The predicted molar refractivity (Wildman–Crippen MR) is 112 cm³/mol. The molecule has 6 nitrogen and oxygen atoms in total. The van der Waals surface area contributed by atoms with Crippen LogP contribution in [0.4, 0.5) is 11.4 Å². The van der Waals surface area contributed by atoms with Crippen LogP contribution in [-0.2, 0) is 0 Å². The van der Waals surface area contributed by atoms with E-state index < -0.39 is 17.8 Å². The number of amides is 2. The summed E-state index contributed by atoms with van der Waals surface area (Å²) in [5.41, 5.74) is 0.934. The molecule has 0 saturated carbocycles. The standard InChI is InChI=1S/C21H14Cl2N2O4/c22-12-4-3-5-13(10-12)24-20(27)17-9-8-14(11-18(17)23)25-19(26)15-6-1-2-7-16(15)21(28)29/h1-11H,(H,24,27)(H,25,26)(H,28,29). The number of anilines is 2. The molecule has 29 heavy (non-hydrogen) atoms. The van der Waals surface area contributed by atoms with Gasteiger partial charge >= 0.3 is 5.97 Å². The summed E-state index contributed by atoms with van der Waals surface area (Å²) < 4.78 is 0. The SMILES string of the molecule is O=C(Nc1cccc(Cl)c1)c1ccc(NC(=O)c2ccccc2C(=O)O)cc1Cl. The molecule has 0 heterocycles. The summed E-state index contributed by atoms with van der Waals surface area (Å²) in [5, 5.41) is 15.1. The van der Waals surface area contributed by atoms with E-state index in [9.17, 15) is 19.5 Å². The lowest BCUT2D eigenvalue weighted by Gasteiger charge is -2.11. The van der Waals surface area contributed by atoms with E-state index in [0.717, 1.165) is 0 Å². The summed E-state index contributed by atoms with van der Waals surface area (Å²) in [7, 11) is 0. The van der Waals surface area contributed by atoms with Crippen LogP contribution in [0.2, 0.25) is 10.0 Å². The zero-order valence-corrected chi connectivity index (χ0v) is 16.3. The van der Waals surface area contributed by atoms with Gasteiger partial charge in [-0.25, -0.2) is 4.79 Å². The van der Waals surface area contributed by atoms with Gasteiger partial charge in [-0.2, -0.15) is 0 Å². The molecule has 0 aliphatic carbocycles. The second kappa shape index (κ2) is 8.77. The fraction of sp³-hybridized carbons (Fsp3) is 0. The Morgan fingerprint density at radius 3 is 1.93 bits per heavy atom. The first-order valence-electron chi connectivity index (χ1n) is 8.35. The molecule has 0 unspecified atom stereocenters. The first-order chi connectivity index (χ1) is 13.8. The van der Waals surface area contributed by atoms with Crippen molar-refractivity contribution in [3.63, 3.8) is 0 Å². The predicted octanol–water partition coefficient (Wildman–Crippen LogP) is 5.20. The maximum atomic E-state index is 12.4. The maximum Gasteiger partial charge on any atom is 0.336 e. The minimum atomic E-state index is -1.21. The highest BCUT2D eigenvalue weighted by atomic mass is 35.5. The molecule has 3 aromatic rings. The number of halogens is 2. The second-order valence-corrected chi connectivity index (χ2v) is 6.81. The van der Waals surface area contributed by atoms with E-state index in [1.165, 1.54) is 36.4 Å². The number of hydrogen-bond donors (Lipinski definition) is 3. The molecular weight excluding hydrogens is 415 g/mol. The number of carbonyl (C=O) groups excluding carboxylic acids is 2. The van der Waals surface area contributed by atoms with Crippen molar-refractivity contribution < 1.29 is 19.5 Å². The topological polar surface area (TPSA) is 95.5 Å². The summed E-state index contributed by atoms with van der Waals surface area (Å²) in [6.45, 7) is 0. The molecule has 0 bridgehead atoms. The normalized spacial score (nSPS) is 10.3. The fourth-order valence-corrected chi connectivity index (χ4v) is 3.06. The first-order valence-corrected chi connectivity index (χ1v) is 9.11. The Morgan fingerprint density at radius 1 is 0.690 bits per heavy atom. The van der Waals surface area contributed by atoms with Crippen molar-refractivity contribution in [2.45, 2.75) is 0 Å². The summed E-state index contributed by atoms with van der Waals surface area (Å²) in [6.07, 6.45) is 0. The third-order valence-corrected chi connectivity index (χ3v) is 4.50. The van der Waals surface area contributed by atoms with Gasteiger partial charge in [-0.15, -0.1) is 0 Å². The first kappa shape index (κ1) is 20.4. The van der Waals surface area contributed by atoms with Crippen LogP contribution in [0.5, 0.6) is 0 Å². The van der Waals surface area contributed by atoms with Crippen molar-refractivity contribution in [1.82, 2.24) is 0 Å².